The smallest absolute Gasteiger partial charge is 0.397 e. The molecule has 13 atom stereocenters. The molecule has 6 aliphatic rings. The summed E-state index contributed by atoms with van der Waals surface area (Å²) in [4.78, 5) is 14.5. The van der Waals surface area contributed by atoms with Crippen LogP contribution in [0.1, 0.15) is 112 Å². The van der Waals surface area contributed by atoms with E-state index in [9.17, 15) is 51.2 Å². The van der Waals surface area contributed by atoms with Gasteiger partial charge in [-0.25, -0.2) is 8.37 Å². The summed E-state index contributed by atoms with van der Waals surface area (Å²) in [5.41, 5.74) is -1.14. The van der Waals surface area contributed by atoms with Gasteiger partial charge in [0, 0.05) is 5.41 Å². The highest BCUT2D eigenvalue weighted by Gasteiger charge is 2.69. The van der Waals surface area contributed by atoms with Gasteiger partial charge in [0.05, 0.1) is 24.7 Å². The lowest BCUT2D eigenvalue weighted by Gasteiger charge is -2.71. The molecular formula is C36H58O15S2. The summed E-state index contributed by atoms with van der Waals surface area (Å²) in [5, 5.41) is 41.1. The van der Waals surface area contributed by atoms with Crippen molar-refractivity contribution in [3.8, 4) is 0 Å². The second kappa shape index (κ2) is 13.4. The highest BCUT2D eigenvalue weighted by Crippen LogP contribution is 2.76. The molecule has 53 heavy (non-hydrogen) atoms. The second-order valence-corrected chi connectivity index (χ2v) is 20.8. The third-order valence-corrected chi connectivity index (χ3v) is 16.4. The Bertz CT molecular complexity index is 1710. The molecule has 0 bridgehead atoms. The summed E-state index contributed by atoms with van der Waals surface area (Å²) in [5.74, 6) is -0.764. The van der Waals surface area contributed by atoms with Crippen LogP contribution in [-0.4, -0.2) is 102 Å². The first-order chi connectivity index (χ1) is 24.3. The van der Waals surface area contributed by atoms with Crippen LogP contribution in [0.15, 0.2) is 11.1 Å². The van der Waals surface area contributed by atoms with Crippen LogP contribution in [-0.2, 0) is 43.4 Å². The van der Waals surface area contributed by atoms with Gasteiger partial charge in [-0.05, 0) is 104 Å². The first kappa shape index (κ1) is 41.4. The number of fused-ring (bicyclic) bond motifs is 6. The standard InChI is InChI=1S/C36H58O15S2/c1-31(2)13-15-36(30(41)50-29-28(40)27(39)26(38)22(18-37)49-29)16-14-34(5)20(21(36)17-31)7-8-24-32(3)11-10-25(51-53(45,46)47)33(4,19-48-52(42,43)44)23(32)9-12-35(24,34)6/h22-29,37-40H,7-19H2,1-6H3,(H,42,43,44)(H,45,46,47)/t22-,23-,24-,25+,26-,27+,28-,29+,32+,33+,34-,35-,36+/m1/s1. The van der Waals surface area contributed by atoms with Crippen LogP contribution in [0.25, 0.3) is 0 Å². The molecule has 1 saturated heterocycles. The van der Waals surface area contributed by atoms with Crippen LogP contribution >= 0.6 is 0 Å². The van der Waals surface area contributed by atoms with Crippen molar-refractivity contribution in [2.75, 3.05) is 13.2 Å². The normalized spacial score (nSPS) is 47.1. The Morgan fingerprint density at radius 2 is 1.45 bits per heavy atom. The number of allylic oxidation sites excluding steroid dienone is 1. The van der Waals surface area contributed by atoms with Crippen LogP contribution in [0, 0.1) is 44.3 Å². The molecule has 4 saturated carbocycles. The maximum Gasteiger partial charge on any atom is 0.397 e. The van der Waals surface area contributed by atoms with Gasteiger partial charge in [-0.15, -0.1) is 0 Å². The van der Waals surface area contributed by atoms with Crippen molar-refractivity contribution in [1.29, 1.82) is 0 Å². The summed E-state index contributed by atoms with van der Waals surface area (Å²) in [6.45, 7) is 11.7. The number of hydrogen-bond acceptors (Lipinski definition) is 13. The summed E-state index contributed by atoms with van der Waals surface area (Å²) in [7, 11) is -9.76. The molecule has 15 nitrogen and oxygen atoms in total. The lowest BCUT2D eigenvalue weighted by molar-refractivity contribution is -0.295. The van der Waals surface area contributed by atoms with E-state index >= 15 is 0 Å². The molecule has 1 heterocycles. The highest BCUT2D eigenvalue weighted by molar-refractivity contribution is 7.81. The van der Waals surface area contributed by atoms with E-state index in [4.69, 9.17) is 17.8 Å². The lowest BCUT2D eigenvalue weighted by atomic mass is 9.34. The van der Waals surface area contributed by atoms with Crippen LogP contribution in [0.4, 0.5) is 0 Å². The van der Waals surface area contributed by atoms with Gasteiger partial charge in [-0.1, -0.05) is 52.7 Å². The predicted molar refractivity (Wildman–Crippen MR) is 187 cm³/mol. The molecule has 6 rings (SSSR count). The number of carbonyl (C=O) groups excluding carboxylic acids is 1. The monoisotopic (exact) mass is 794 g/mol. The Kier molecular flexibility index (Phi) is 10.5. The average Bonchev–Trinajstić information content (AvgIpc) is 3.04. The molecule has 0 spiro atoms. The molecule has 5 aliphatic carbocycles. The molecule has 1 aliphatic heterocycles. The molecule has 0 unspecified atom stereocenters. The zero-order valence-electron chi connectivity index (χ0n) is 31.5. The summed E-state index contributed by atoms with van der Waals surface area (Å²) in [6.07, 6.45) is -2.38. The third kappa shape index (κ3) is 6.74. The molecule has 0 aromatic heterocycles. The topological polar surface area (TPSA) is 244 Å². The highest BCUT2D eigenvalue weighted by atomic mass is 32.3. The molecule has 0 aromatic carbocycles. The number of aliphatic hydroxyl groups is 4. The SMILES string of the molecule is CC1(C)CC[C@]2(C(=O)O[C@@H]3O[C@H](CO)[C@@H](O)[C@H](O)[C@H]3O)CC[C@]3(C)C(=C2C1)CC[C@@H]1[C@@]2(C)CC[C@H](OS(=O)(=O)O)[C@@](C)(COS(=O)(=O)O)[C@@H]2CC[C@]13C. The van der Waals surface area contributed by atoms with Crippen molar-refractivity contribution in [3.05, 3.63) is 11.1 Å². The summed E-state index contributed by atoms with van der Waals surface area (Å²) < 4.78 is 88.3. The molecule has 5 fully saturated rings. The molecule has 0 radical (unpaired) electrons. The van der Waals surface area contributed by atoms with Gasteiger partial charge >= 0.3 is 26.8 Å². The minimum absolute atomic E-state index is 0.0880. The quantitative estimate of drug-likeness (QED) is 0.117. The van der Waals surface area contributed by atoms with E-state index in [0.29, 0.717) is 51.4 Å². The number of hydrogen-bond donors (Lipinski definition) is 6. The zero-order valence-corrected chi connectivity index (χ0v) is 33.1. The Morgan fingerprint density at radius 1 is 0.792 bits per heavy atom. The van der Waals surface area contributed by atoms with Gasteiger partial charge in [0.25, 0.3) is 0 Å². The molecule has 17 heteroatoms. The van der Waals surface area contributed by atoms with Gasteiger partial charge in [0.1, 0.15) is 24.4 Å². The van der Waals surface area contributed by atoms with Crippen molar-refractivity contribution < 1.29 is 69.0 Å². The summed E-state index contributed by atoms with van der Waals surface area (Å²) in [6, 6.07) is 0. The predicted octanol–water partition coefficient (Wildman–Crippen LogP) is 3.26. The first-order valence-electron chi connectivity index (χ1n) is 18.8. The Hall–Kier alpha value is -1.25. The first-order valence-corrected chi connectivity index (χ1v) is 21.5. The van der Waals surface area contributed by atoms with E-state index in [2.05, 4.69) is 34.6 Å². The van der Waals surface area contributed by atoms with E-state index in [1.165, 1.54) is 5.57 Å². The van der Waals surface area contributed by atoms with Gasteiger partial charge in [0.2, 0.25) is 6.29 Å². The maximum atomic E-state index is 14.5. The van der Waals surface area contributed by atoms with Crippen molar-refractivity contribution in [3.63, 3.8) is 0 Å². The van der Waals surface area contributed by atoms with Crippen LogP contribution < -0.4 is 0 Å². The second-order valence-electron chi connectivity index (χ2n) is 18.7. The fourth-order valence-corrected chi connectivity index (χ4v) is 13.5. The Morgan fingerprint density at radius 3 is 2.08 bits per heavy atom. The van der Waals surface area contributed by atoms with Gasteiger partial charge in [-0.2, -0.15) is 16.8 Å². The maximum absolute atomic E-state index is 14.5. The van der Waals surface area contributed by atoms with Crippen LogP contribution in [0.3, 0.4) is 0 Å². The van der Waals surface area contributed by atoms with Gasteiger partial charge in [-0.3, -0.25) is 13.9 Å². The van der Waals surface area contributed by atoms with E-state index in [0.717, 1.165) is 18.4 Å². The molecule has 304 valence electrons. The van der Waals surface area contributed by atoms with Gasteiger partial charge < -0.3 is 29.9 Å². The minimum Gasteiger partial charge on any atom is -0.432 e. The Labute approximate surface area is 312 Å². The largest absolute Gasteiger partial charge is 0.432 e. The number of rotatable bonds is 8. The number of esters is 1. The zero-order chi connectivity index (χ0) is 39.4. The number of carbonyl (C=O) groups is 1. The number of ether oxygens (including phenoxy) is 2. The average molecular weight is 795 g/mol. The summed E-state index contributed by atoms with van der Waals surface area (Å²) >= 11 is 0. The van der Waals surface area contributed by atoms with E-state index in [-0.39, 0.29) is 34.5 Å². The van der Waals surface area contributed by atoms with Crippen molar-refractivity contribution in [2.45, 2.75) is 149 Å². The van der Waals surface area contributed by atoms with Crippen molar-refractivity contribution >= 4 is 26.8 Å². The molecular weight excluding hydrogens is 737 g/mol. The fourth-order valence-electron chi connectivity index (χ4n) is 12.5. The fraction of sp³-hybridized carbons (Fsp3) is 0.917. The lowest BCUT2D eigenvalue weighted by Crippen LogP contribution is -2.66. The molecule has 0 amide bonds. The Balaban J connectivity index is 1.37. The van der Waals surface area contributed by atoms with Crippen molar-refractivity contribution in [2.24, 2.45) is 44.3 Å². The van der Waals surface area contributed by atoms with E-state index < -0.39 is 93.0 Å². The van der Waals surface area contributed by atoms with E-state index in [1.807, 2.05) is 0 Å². The van der Waals surface area contributed by atoms with Crippen LogP contribution in [0.2, 0.25) is 0 Å². The van der Waals surface area contributed by atoms with Crippen molar-refractivity contribution in [1.82, 2.24) is 0 Å². The van der Waals surface area contributed by atoms with E-state index in [1.54, 1.807) is 6.92 Å². The number of aliphatic hydroxyl groups excluding tert-OH is 4. The molecule has 6 N–H and O–H groups in total. The minimum atomic E-state index is -4.89. The third-order valence-electron chi connectivity index (χ3n) is 15.5. The van der Waals surface area contributed by atoms with Gasteiger partial charge in [0.15, 0.2) is 0 Å². The molecule has 0 aromatic rings. The van der Waals surface area contributed by atoms with Crippen LogP contribution in [0.5, 0.6) is 0 Å².